The zero-order valence-corrected chi connectivity index (χ0v) is 10.8. The molecule has 0 radical (unpaired) electrons. The van der Waals surface area contributed by atoms with Crippen LogP contribution in [-0.2, 0) is 4.79 Å². The van der Waals surface area contributed by atoms with E-state index in [9.17, 15) is 9.70 Å². The molecule has 0 saturated carbocycles. The molecule has 19 heavy (non-hydrogen) atoms. The number of hydrogen-bond donors (Lipinski definition) is 2. The van der Waals surface area contributed by atoms with Crippen LogP contribution in [0.3, 0.4) is 0 Å². The average Bonchev–Trinajstić information content (AvgIpc) is 2.78. The van der Waals surface area contributed by atoms with Crippen LogP contribution in [0.1, 0.15) is 5.56 Å². The lowest BCUT2D eigenvalue weighted by atomic mass is 10.2. The number of carboxylic acids is 1. The lowest BCUT2D eigenvalue weighted by molar-refractivity contribution is -0.137. The van der Waals surface area contributed by atoms with Crippen molar-refractivity contribution in [2.45, 2.75) is 13.0 Å². The summed E-state index contributed by atoms with van der Waals surface area (Å²) in [6.07, 6.45) is 0. The van der Waals surface area contributed by atoms with Crippen molar-refractivity contribution in [2.75, 3.05) is 11.1 Å². The first kappa shape index (κ1) is 13.3. The Bertz CT molecular complexity index is 613. The van der Waals surface area contributed by atoms with Gasteiger partial charge in [0, 0.05) is 22.3 Å². The number of aromatic nitrogens is 1. The number of anilines is 1. The van der Waals surface area contributed by atoms with Gasteiger partial charge in [-0.15, -0.1) is 4.91 Å². The first-order chi connectivity index (χ1) is 9.11. The van der Waals surface area contributed by atoms with E-state index in [1.807, 2.05) is 19.1 Å². The van der Waals surface area contributed by atoms with Crippen LogP contribution in [0, 0.1) is 11.8 Å². The molecule has 1 aromatic heterocycles. The molecule has 2 aromatic rings. The van der Waals surface area contributed by atoms with Gasteiger partial charge in [-0.05, 0) is 18.6 Å². The van der Waals surface area contributed by atoms with Crippen molar-refractivity contribution in [3.8, 4) is 0 Å². The highest BCUT2D eigenvalue weighted by molar-refractivity contribution is 7.97. The van der Waals surface area contributed by atoms with Crippen molar-refractivity contribution in [3.63, 3.8) is 0 Å². The summed E-state index contributed by atoms with van der Waals surface area (Å²) in [5.41, 5.74) is 2.19. The Labute approximate surface area is 112 Å². The second-order valence-electron chi connectivity index (χ2n) is 3.85. The largest absolute Gasteiger partial charge is 0.480 e. The second-order valence-corrected chi connectivity index (χ2v) is 4.59. The number of para-hydroxylation sites is 1. The number of aliphatic carboxylic acids is 1. The molecule has 0 spiro atoms. The van der Waals surface area contributed by atoms with Crippen LogP contribution in [-0.4, -0.2) is 27.9 Å². The molecule has 0 aliphatic rings. The predicted octanol–water partition coefficient (Wildman–Crippen LogP) is 2.42. The van der Waals surface area contributed by atoms with Gasteiger partial charge in [-0.1, -0.05) is 12.1 Å². The fourth-order valence-electron chi connectivity index (χ4n) is 1.58. The van der Waals surface area contributed by atoms with E-state index in [1.54, 1.807) is 6.07 Å². The van der Waals surface area contributed by atoms with Gasteiger partial charge in [-0.2, -0.15) is 4.98 Å². The molecule has 0 aliphatic heterocycles. The minimum Gasteiger partial charge on any atom is -0.480 e. The van der Waals surface area contributed by atoms with Crippen LogP contribution in [0.4, 0.5) is 6.01 Å². The molecule has 100 valence electrons. The Hall–Kier alpha value is -2.09. The number of oxazole rings is 1. The number of nitrogens with one attached hydrogen (secondary N) is 1. The summed E-state index contributed by atoms with van der Waals surface area (Å²) in [6.45, 7) is 1.88. The Morgan fingerprint density at radius 2 is 2.42 bits per heavy atom. The number of rotatable bonds is 6. The summed E-state index contributed by atoms with van der Waals surface area (Å²) in [4.78, 5) is 25.2. The number of aryl methyl sites for hydroxylation is 1. The van der Waals surface area contributed by atoms with Gasteiger partial charge in [0.1, 0.15) is 11.6 Å². The molecular weight excluding hydrogens is 270 g/mol. The summed E-state index contributed by atoms with van der Waals surface area (Å²) in [6, 6.07) is 4.58. The maximum atomic E-state index is 11.0. The van der Waals surface area contributed by atoms with Crippen LogP contribution >= 0.6 is 11.9 Å². The third-order valence-electron chi connectivity index (χ3n) is 2.51. The fourth-order valence-corrected chi connectivity index (χ4v) is 2.01. The quantitative estimate of drug-likeness (QED) is 0.618. The minimum absolute atomic E-state index is 0.00343. The molecule has 0 bridgehead atoms. The van der Waals surface area contributed by atoms with Crippen molar-refractivity contribution in [2.24, 2.45) is 4.58 Å². The van der Waals surface area contributed by atoms with Gasteiger partial charge in [0.15, 0.2) is 5.58 Å². The van der Waals surface area contributed by atoms with Gasteiger partial charge in [-0.3, -0.25) is 0 Å². The molecule has 0 saturated heterocycles. The maximum Gasteiger partial charge on any atom is 0.327 e. The molecule has 1 heterocycles. The van der Waals surface area contributed by atoms with Gasteiger partial charge >= 0.3 is 5.97 Å². The molecule has 0 fully saturated rings. The summed E-state index contributed by atoms with van der Waals surface area (Å²) in [5, 5.41) is 11.6. The first-order valence-corrected chi connectivity index (χ1v) is 6.36. The van der Waals surface area contributed by atoms with Crippen LogP contribution < -0.4 is 5.32 Å². The number of nitrogens with zero attached hydrogens (tertiary/aromatic N) is 2. The maximum absolute atomic E-state index is 11.0. The van der Waals surface area contributed by atoms with E-state index in [4.69, 9.17) is 9.52 Å². The molecule has 0 amide bonds. The smallest absolute Gasteiger partial charge is 0.327 e. The average molecular weight is 281 g/mol. The van der Waals surface area contributed by atoms with Crippen LogP contribution in [0.2, 0.25) is 0 Å². The standard InChI is InChI=1S/C11H11N3O4S/c1-6-3-2-4-8-9(6)13-11(18-8)12-7(10(15)16)5-19-14-17/h2-4,7H,5H2,1H3,(H,12,13)(H,15,16)/t7-/m0/s1. The monoisotopic (exact) mass is 281 g/mol. The Morgan fingerprint density at radius 1 is 1.63 bits per heavy atom. The first-order valence-electron chi connectivity index (χ1n) is 5.42. The normalized spacial score (nSPS) is 12.3. The molecule has 8 heteroatoms. The number of fused-ring (bicyclic) bond motifs is 1. The number of benzene rings is 1. The van der Waals surface area contributed by atoms with Crippen molar-refractivity contribution < 1.29 is 14.3 Å². The van der Waals surface area contributed by atoms with Crippen molar-refractivity contribution in [1.29, 1.82) is 0 Å². The fraction of sp³-hybridized carbons (Fsp3) is 0.273. The van der Waals surface area contributed by atoms with Crippen molar-refractivity contribution in [1.82, 2.24) is 4.98 Å². The summed E-state index contributed by atoms with van der Waals surface area (Å²) in [7, 11) is 0. The van der Waals surface area contributed by atoms with E-state index in [-0.39, 0.29) is 11.8 Å². The Morgan fingerprint density at radius 3 is 3.05 bits per heavy atom. The van der Waals surface area contributed by atoms with Gasteiger partial charge < -0.3 is 14.8 Å². The zero-order valence-electron chi connectivity index (χ0n) is 9.99. The topological polar surface area (TPSA) is 105 Å². The highest BCUT2D eigenvalue weighted by atomic mass is 32.2. The van der Waals surface area contributed by atoms with E-state index < -0.39 is 12.0 Å². The minimum atomic E-state index is -1.10. The van der Waals surface area contributed by atoms with Crippen LogP contribution in [0.25, 0.3) is 11.1 Å². The molecule has 2 N–H and O–H groups in total. The second kappa shape index (κ2) is 5.70. The molecular formula is C11H11N3O4S. The Kier molecular flexibility index (Phi) is 4.00. The number of carbonyl (C=O) groups is 1. The van der Waals surface area contributed by atoms with Crippen molar-refractivity contribution >= 4 is 35.0 Å². The van der Waals surface area contributed by atoms with E-state index in [0.717, 1.165) is 5.56 Å². The zero-order chi connectivity index (χ0) is 13.8. The highest BCUT2D eigenvalue weighted by Crippen LogP contribution is 2.22. The number of nitroso groups, excluding NO2 is 1. The summed E-state index contributed by atoms with van der Waals surface area (Å²) in [5.74, 6) is -1.11. The molecule has 2 rings (SSSR count). The van der Waals surface area contributed by atoms with Gasteiger partial charge in [0.25, 0.3) is 6.01 Å². The Balaban J connectivity index is 2.21. The van der Waals surface area contributed by atoms with Gasteiger partial charge in [0.05, 0.1) is 0 Å². The summed E-state index contributed by atoms with van der Waals surface area (Å²) >= 11 is 0.630. The molecule has 1 atom stereocenters. The van der Waals surface area contributed by atoms with Crippen molar-refractivity contribution in [3.05, 3.63) is 28.7 Å². The van der Waals surface area contributed by atoms with E-state index >= 15 is 0 Å². The van der Waals surface area contributed by atoms with E-state index in [0.29, 0.717) is 23.0 Å². The van der Waals surface area contributed by atoms with Crippen LogP contribution in [0.5, 0.6) is 0 Å². The number of carboxylic acid groups (broad SMARTS) is 1. The predicted molar refractivity (Wildman–Crippen MR) is 72.0 cm³/mol. The third kappa shape index (κ3) is 3.02. The molecule has 7 nitrogen and oxygen atoms in total. The van der Waals surface area contributed by atoms with Gasteiger partial charge in [0.2, 0.25) is 0 Å². The van der Waals surface area contributed by atoms with E-state index in [1.165, 1.54) is 0 Å². The highest BCUT2D eigenvalue weighted by Gasteiger charge is 2.20. The SMILES string of the molecule is Cc1cccc2oc(N[C@@H](CSN=O)C(=O)O)nc12. The molecule has 1 aromatic carbocycles. The number of hydrogen-bond acceptors (Lipinski definition) is 7. The summed E-state index contributed by atoms with van der Waals surface area (Å²) < 4.78 is 7.97. The van der Waals surface area contributed by atoms with Gasteiger partial charge in [-0.25, -0.2) is 4.79 Å². The third-order valence-corrected chi connectivity index (χ3v) is 3.10. The molecule has 0 unspecified atom stereocenters. The molecule has 0 aliphatic carbocycles. The lowest BCUT2D eigenvalue weighted by Crippen LogP contribution is -2.31. The van der Waals surface area contributed by atoms with E-state index in [2.05, 4.69) is 14.9 Å². The van der Waals surface area contributed by atoms with Crippen LogP contribution in [0.15, 0.2) is 27.2 Å². The lowest BCUT2D eigenvalue weighted by Gasteiger charge is -2.09.